The summed E-state index contributed by atoms with van der Waals surface area (Å²) in [4.78, 5) is 26.8. The van der Waals surface area contributed by atoms with Crippen molar-refractivity contribution in [2.75, 3.05) is 19.1 Å². The number of ether oxygens (including phenoxy) is 2. The Balaban J connectivity index is 2.02. The molecule has 1 atom stereocenters. The Bertz CT molecular complexity index is 1210. The molecule has 1 aliphatic heterocycles. The second-order valence-corrected chi connectivity index (χ2v) is 6.82. The van der Waals surface area contributed by atoms with Crippen molar-refractivity contribution in [2.45, 2.75) is 6.04 Å². The number of methoxy groups -OCH3 is 2. The molecule has 0 saturated carbocycles. The fourth-order valence-corrected chi connectivity index (χ4v) is 3.69. The summed E-state index contributed by atoms with van der Waals surface area (Å²) < 4.78 is 44.5. The summed E-state index contributed by atoms with van der Waals surface area (Å²) in [5.41, 5.74) is -0.845. The third kappa shape index (κ3) is 3.27. The van der Waals surface area contributed by atoms with Crippen molar-refractivity contribution in [1.29, 1.82) is 0 Å². The Morgan fingerprint density at radius 2 is 1.72 bits per heavy atom. The minimum absolute atomic E-state index is 0.0202. The number of rotatable bonds is 5. The van der Waals surface area contributed by atoms with Crippen molar-refractivity contribution in [3.05, 3.63) is 83.3 Å². The standard InChI is InChI=1S/C23H17F2NO6/c1-30-15-5-3-6-16(31-2)18(15)21(27)19-20(17-7-4-10-32-17)26(23(29)22(19)28)14-11-12(24)8-9-13(14)25/h3-11,20,27H,1-2H3/b21-19+. The van der Waals surface area contributed by atoms with Crippen LogP contribution in [-0.2, 0) is 9.59 Å². The number of anilines is 1. The second kappa shape index (κ2) is 8.18. The van der Waals surface area contributed by atoms with Crippen molar-refractivity contribution >= 4 is 23.1 Å². The minimum Gasteiger partial charge on any atom is -0.506 e. The molecule has 1 aliphatic rings. The Labute approximate surface area is 181 Å². The summed E-state index contributed by atoms with van der Waals surface area (Å²) in [6, 6.07) is 8.77. The van der Waals surface area contributed by atoms with Crippen molar-refractivity contribution in [3.8, 4) is 11.5 Å². The molecule has 0 radical (unpaired) electrons. The third-order valence-electron chi connectivity index (χ3n) is 5.09. The van der Waals surface area contributed by atoms with E-state index < -0.39 is 46.4 Å². The lowest BCUT2D eigenvalue weighted by Gasteiger charge is -2.24. The monoisotopic (exact) mass is 441 g/mol. The van der Waals surface area contributed by atoms with E-state index in [4.69, 9.17) is 13.9 Å². The van der Waals surface area contributed by atoms with E-state index in [0.717, 1.165) is 23.1 Å². The lowest BCUT2D eigenvalue weighted by molar-refractivity contribution is -0.132. The molecule has 1 N–H and O–H groups in total. The van der Waals surface area contributed by atoms with Gasteiger partial charge in [-0.1, -0.05) is 6.07 Å². The van der Waals surface area contributed by atoms with Crippen LogP contribution in [0.15, 0.2) is 64.8 Å². The number of furan rings is 1. The molecule has 0 spiro atoms. The molecule has 4 rings (SSSR count). The molecule has 1 unspecified atom stereocenters. The number of halogens is 2. The highest BCUT2D eigenvalue weighted by atomic mass is 19.1. The molecule has 1 amide bonds. The molecule has 2 heterocycles. The van der Waals surface area contributed by atoms with Gasteiger partial charge in [0.05, 0.1) is 31.7 Å². The number of Topliss-reactive ketones (excluding diaryl/α,β-unsaturated/α-hetero) is 1. The van der Waals surface area contributed by atoms with E-state index in [0.29, 0.717) is 0 Å². The van der Waals surface area contributed by atoms with Crippen LogP contribution in [0.1, 0.15) is 17.4 Å². The van der Waals surface area contributed by atoms with Gasteiger partial charge in [-0.2, -0.15) is 0 Å². The van der Waals surface area contributed by atoms with Crippen molar-refractivity contribution < 1.29 is 37.4 Å². The van der Waals surface area contributed by atoms with Crippen molar-refractivity contribution in [2.24, 2.45) is 0 Å². The SMILES string of the molecule is COc1cccc(OC)c1/C(O)=C1\C(=O)C(=O)N(c2cc(F)ccc2F)C1c1ccco1. The number of benzene rings is 2. The average Bonchev–Trinajstić information content (AvgIpc) is 3.41. The minimum atomic E-state index is -1.36. The summed E-state index contributed by atoms with van der Waals surface area (Å²) in [5.74, 6) is -4.23. The summed E-state index contributed by atoms with van der Waals surface area (Å²) in [5, 5.41) is 11.2. The van der Waals surface area contributed by atoms with E-state index >= 15 is 0 Å². The van der Waals surface area contributed by atoms with Crippen molar-refractivity contribution in [3.63, 3.8) is 0 Å². The number of aliphatic hydroxyl groups excluding tert-OH is 1. The molecule has 1 fully saturated rings. The maximum Gasteiger partial charge on any atom is 0.300 e. The molecule has 3 aromatic rings. The quantitative estimate of drug-likeness (QED) is 0.363. The normalized spacial score (nSPS) is 17.6. The number of ketones is 1. The Hall–Kier alpha value is -4.14. The molecular formula is C23H17F2NO6. The Morgan fingerprint density at radius 1 is 1.03 bits per heavy atom. The van der Waals surface area contributed by atoms with Crippen LogP contribution in [0, 0.1) is 11.6 Å². The highest BCUT2D eigenvalue weighted by molar-refractivity contribution is 6.51. The highest BCUT2D eigenvalue weighted by Gasteiger charge is 2.49. The largest absolute Gasteiger partial charge is 0.506 e. The summed E-state index contributed by atoms with van der Waals surface area (Å²) >= 11 is 0. The van der Waals surface area contributed by atoms with E-state index in [9.17, 15) is 23.5 Å². The maximum atomic E-state index is 14.6. The fourth-order valence-electron chi connectivity index (χ4n) is 3.69. The third-order valence-corrected chi connectivity index (χ3v) is 5.09. The van der Waals surface area contributed by atoms with Crippen molar-refractivity contribution in [1.82, 2.24) is 0 Å². The van der Waals surface area contributed by atoms with Gasteiger partial charge < -0.3 is 19.0 Å². The number of carbonyl (C=O) groups is 2. The number of carbonyl (C=O) groups excluding carboxylic acids is 2. The first kappa shape index (κ1) is 21.1. The molecule has 164 valence electrons. The van der Waals surface area contributed by atoms with Crippen LogP contribution >= 0.6 is 0 Å². The lowest BCUT2D eigenvalue weighted by Crippen LogP contribution is -2.30. The summed E-state index contributed by atoms with van der Waals surface area (Å²) in [7, 11) is 2.71. The number of hydrogen-bond donors (Lipinski definition) is 1. The van der Waals surface area contributed by atoms with Gasteiger partial charge in [0.15, 0.2) is 0 Å². The van der Waals surface area contributed by atoms with Gasteiger partial charge in [-0.05, 0) is 36.4 Å². The predicted octanol–water partition coefficient (Wildman–Crippen LogP) is 4.20. The van der Waals surface area contributed by atoms with Gasteiger partial charge in [-0.25, -0.2) is 8.78 Å². The zero-order valence-electron chi connectivity index (χ0n) is 17.0. The highest BCUT2D eigenvalue weighted by Crippen LogP contribution is 2.45. The van der Waals surface area contributed by atoms with Gasteiger partial charge in [0.25, 0.3) is 11.7 Å². The smallest absolute Gasteiger partial charge is 0.300 e. The zero-order chi connectivity index (χ0) is 23.0. The molecule has 1 saturated heterocycles. The Kier molecular flexibility index (Phi) is 5.40. The molecule has 0 bridgehead atoms. The maximum absolute atomic E-state index is 14.6. The van der Waals surface area contributed by atoms with Crippen LogP contribution in [0.5, 0.6) is 11.5 Å². The second-order valence-electron chi connectivity index (χ2n) is 6.82. The molecule has 32 heavy (non-hydrogen) atoms. The first-order chi connectivity index (χ1) is 15.4. The van der Waals surface area contributed by atoms with Crippen LogP contribution in [0.25, 0.3) is 5.76 Å². The molecule has 9 heteroatoms. The molecule has 1 aromatic heterocycles. The van der Waals surface area contributed by atoms with Gasteiger partial charge in [-0.3, -0.25) is 14.5 Å². The predicted molar refractivity (Wildman–Crippen MR) is 109 cm³/mol. The lowest BCUT2D eigenvalue weighted by atomic mass is 9.98. The molecule has 2 aromatic carbocycles. The summed E-state index contributed by atoms with van der Waals surface area (Å²) in [6.07, 6.45) is 1.29. The van der Waals surface area contributed by atoms with Crippen LogP contribution in [0.2, 0.25) is 0 Å². The van der Waals surface area contributed by atoms with Crippen LogP contribution in [0.4, 0.5) is 14.5 Å². The molecular weight excluding hydrogens is 424 g/mol. The van der Waals surface area contributed by atoms with Gasteiger partial charge in [0.1, 0.15) is 46.3 Å². The van der Waals surface area contributed by atoms with Gasteiger partial charge in [0, 0.05) is 6.07 Å². The van der Waals surface area contributed by atoms with Gasteiger partial charge in [0.2, 0.25) is 0 Å². The number of nitrogens with zero attached hydrogens (tertiary/aromatic N) is 1. The number of aliphatic hydroxyl groups is 1. The first-order valence-electron chi connectivity index (χ1n) is 9.39. The molecule has 7 nitrogen and oxygen atoms in total. The topological polar surface area (TPSA) is 89.2 Å². The molecule has 0 aliphatic carbocycles. The fraction of sp³-hybridized carbons (Fsp3) is 0.130. The van der Waals surface area contributed by atoms with Crippen LogP contribution < -0.4 is 14.4 Å². The van der Waals surface area contributed by atoms with Gasteiger partial charge in [-0.15, -0.1) is 0 Å². The first-order valence-corrected chi connectivity index (χ1v) is 9.39. The van der Waals surface area contributed by atoms with Gasteiger partial charge >= 0.3 is 0 Å². The van der Waals surface area contributed by atoms with E-state index in [-0.39, 0.29) is 22.8 Å². The van der Waals surface area contributed by atoms with E-state index in [2.05, 4.69) is 0 Å². The van der Waals surface area contributed by atoms with E-state index in [1.54, 1.807) is 6.07 Å². The van der Waals surface area contributed by atoms with Crippen LogP contribution in [-0.4, -0.2) is 31.0 Å². The van der Waals surface area contributed by atoms with E-state index in [1.807, 2.05) is 0 Å². The zero-order valence-corrected chi connectivity index (χ0v) is 17.0. The number of hydrogen-bond acceptors (Lipinski definition) is 6. The average molecular weight is 441 g/mol. The van der Waals surface area contributed by atoms with E-state index in [1.165, 1.54) is 44.7 Å². The number of amides is 1. The summed E-state index contributed by atoms with van der Waals surface area (Å²) in [6.45, 7) is 0. The van der Waals surface area contributed by atoms with Crippen LogP contribution in [0.3, 0.4) is 0 Å². The Morgan fingerprint density at radius 3 is 2.31 bits per heavy atom.